The molecule has 0 aliphatic carbocycles. The number of nitrogens with zero attached hydrogens (tertiary/aromatic N) is 1. The van der Waals surface area contributed by atoms with Gasteiger partial charge in [0, 0.05) is 14.7 Å². The minimum Gasteiger partial charge on any atom is -0.483 e. The van der Waals surface area contributed by atoms with Gasteiger partial charge in [-0.3, -0.25) is 4.79 Å². The first-order chi connectivity index (χ1) is 11.2. The molecule has 0 saturated heterocycles. The van der Waals surface area contributed by atoms with E-state index in [-0.39, 0.29) is 12.5 Å². The molecule has 0 radical (unpaired) electrons. The molecule has 0 unspecified atom stereocenters. The first-order valence-corrected chi connectivity index (χ1v) is 8.57. The highest BCUT2D eigenvalue weighted by atomic mass is 79.9. The van der Waals surface area contributed by atoms with Crippen molar-refractivity contribution >= 4 is 50.2 Å². The Labute approximate surface area is 145 Å². The molecule has 3 aromatic rings. The van der Waals surface area contributed by atoms with Crippen LogP contribution in [-0.2, 0) is 4.79 Å². The second-order valence-electron chi connectivity index (χ2n) is 4.69. The normalized spacial score (nSPS) is 11.0. The fourth-order valence-electron chi connectivity index (χ4n) is 2.07. The standard InChI is InChI=1S/C17H13BrN2O2S/c18-15-7-8-16(14-6-2-1-5-13(14)15)22-11-17(21)20-19-10-12-4-3-9-23-12/h1-10H,11H2,(H,20,21)/b19-10-. The number of fused-ring (bicyclic) bond motifs is 1. The van der Waals surface area contributed by atoms with Gasteiger partial charge in [0.1, 0.15) is 5.75 Å². The van der Waals surface area contributed by atoms with Crippen LogP contribution in [0.2, 0.25) is 0 Å². The summed E-state index contributed by atoms with van der Waals surface area (Å²) < 4.78 is 6.61. The number of thiophene rings is 1. The Kier molecular flexibility index (Phi) is 5.05. The SMILES string of the molecule is O=C(COc1ccc(Br)c2ccccc12)N/N=C\c1cccs1. The molecule has 6 heteroatoms. The fraction of sp³-hybridized carbons (Fsp3) is 0.0588. The number of ether oxygens (including phenoxy) is 1. The molecule has 0 spiro atoms. The molecular formula is C17H13BrN2O2S. The van der Waals surface area contributed by atoms with Crippen molar-refractivity contribution in [2.24, 2.45) is 5.10 Å². The summed E-state index contributed by atoms with van der Waals surface area (Å²) >= 11 is 5.06. The lowest BCUT2D eigenvalue weighted by atomic mass is 10.1. The van der Waals surface area contributed by atoms with Gasteiger partial charge in [-0.15, -0.1) is 11.3 Å². The summed E-state index contributed by atoms with van der Waals surface area (Å²) in [7, 11) is 0. The Morgan fingerprint density at radius 1 is 1.17 bits per heavy atom. The maximum Gasteiger partial charge on any atom is 0.277 e. The maximum absolute atomic E-state index is 11.8. The molecule has 0 aliphatic heterocycles. The Morgan fingerprint density at radius 2 is 2.00 bits per heavy atom. The monoisotopic (exact) mass is 388 g/mol. The van der Waals surface area contributed by atoms with Crippen molar-refractivity contribution < 1.29 is 9.53 Å². The van der Waals surface area contributed by atoms with Gasteiger partial charge in [0.25, 0.3) is 5.91 Å². The van der Waals surface area contributed by atoms with E-state index < -0.39 is 0 Å². The van der Waals surface area contributed by atoms with Crippen molar-refractivity contribution in [3.63, 3.8) is 0 Å². The second-order valence-corrected chi connectivity index (χ2v) is 6.52. The molecule has 116 valence electrons. The van der Waals surface area contributed by atoms with Crippen molar-refractivity contribution in [3.8, 4) is 5.75 Å². The van der Waals surface area contributed by atoms with Crippen molar-refractivity contribution in [1.82, 2.24) is 5.43 Å². The van der Waals surface area contributed by atoms with Crippen LogP contribution in [0.4, 0.5) is 0 Å². The highest BCUT2D eigenvalue weighted by molar-refractivity contribution is 9.10. The van der Waals surface area contributed by atoms with Crippen LogP contribution in [0, 0.1) is 0 Å². The number of amides is 1. The summed E-state index contributed by atoms with van der Waals surface area (Å²) in [6, 6.07) is 15.5. The molecule has 1 aromatic heterocycles. The zero-order chi connectivity index (χ0) is 16.1. The number of carbonyl (C=O) groups is 1. The molecule has 0 fully saturated rings. The predicted octanol–water partition coefficient (Wildman–Crippen LogP) is 4.19. The third kappa shape index (κ3) is 3.97. The van der Waals surface area contributed by atoms with E-state index in [9.17, 15) is 4.79 Å². The van der Waals surface area contributed by atoms with Gasteiger partial charge in [-0.1, -0.05) is 46.3 Å². The van der Waals surface area contributed by atoms with Gasteiger partial charge in [0.2, 0.25) is 0 Å². The van der Waals surface area contributed by atoms with Crippen LogP contribution < -0.4 is 10.2 Å². The van der Waals surface area contributed by atoms with Crippen molar-refractivity contribution in [1.29, 1.82) is 0 Å². The minimum atomic E-state index is -0.301. The number of hydrogen-bond donors (Lipinski definition) is 1. The number of benzene rings is 2. The largest absolute Gasteiger partial charge is 0.483 e. The summed E-state index contributed by atoms with van der Waals surface area (Å²) in [5.41, 5.74) is 2.45. The van der Waals surface area contributed by atoms with Gasteiger partial charge in [0.15, 0.2) is 6.61 Å². The third-order valence-corrected chi connectivity index (χ3v) is 4.61. The molecule has 0 saturated carbocycles. The predicted molar refractivity (Wildman–Crippen MR) is 97.2 cm³/mol. The molecule has 1 N–H and O–H groups in total. The summed E-state index contributed by atoms with van der Waals surface area (Å²) in [6.45, 7) is -0.0899. The lowest BCUT2D eigenvalue weighted by molar-refractivity contribution is -0.123. The third-order valence-electron chi connectivity index (χ3n) is 3.11. The average molecular weight is 389 g/mol. The van der Waals surface area contributed by atoms with Crippen molar-refractivity contribution in [2.45, 2.75) is 0 Å². The first-order valence-electron chi connectivity index (χ1n) is 6.89. The van der Waals surface area contributed by atoms with Gasteiger partial charge in [-0.25, -0.2) is 5.43 Å². The van der Waals surface area contributed by atoms with Crippen LogP contribution in [0.3, 0.4) is 0 Å². The van der Waals surface area contributed by atoms with Crippen molar-refractivity contribution in [3.05, 3.63) is 63.3 Å². The maximum atomic E-state index is 11.8. The van der Waals surface area contributed by atoms with E-state index >= 15 is 0 Å². The molecule has 2 aromatic carbocycles. The highest BCUT2D eigenvalue weighted by Gasteiger charge is 2.07. The van der Waals surface area contributed by atoms with Crippen molar-refractivity contribution in [2.75, 3.05) is 6.61 Å². The second kappa shape index (κ2) is 7.39. The minimum absolute atomic E-state index is 0.0899. The fourth-order valence-corrected chi connectivity index (χ4v) is 3.13. The van der Waals surface area contributed by atoms with Crippen LogP contribution in [0.25, 0.3) is 10.8 Å². The number of rotatable bonds is 5. The quantitative estimate of drug-likeness (QED) is 0.526. The van der Waals surface area contributed by atoms with E-state index in [0.717, 1.165) is 20.1 Å². The number of hydrazone groups is 1. The van der Waals surface area contributed by atoms with E-state index in [1.807, 2.05) is 53.9 Å². The zero-order valence-electron chi connectivity index (χ0n) is 12.0. The Bertz CT molecular complexity index is 847. The summed E-state index contributed by atoms with van der Waals surface area (Å²) in [5.74, 6) is 0.367. The average Bonchev–Trinajstić information content (AvgIpc) is 3.08. The van der Waals surface area contributed by atoms with E-state index in [1.165, 1.54) is 0 Å². The van der Waals surface area contributed by atoms with Gasteiger partial charge >= 0.3 is 0 Å². The van der Waals surface area contributed by atoms with E-state index in [4.69, 9.17) is 4.74 Å². The van der Waals surface area contributed by atoms with Crippen LogP contribution in [0.15, 0.2) is 63.5 Å². The molecule has 4 nitrogen and oxygen atoms in total. The van der Waals surface area contributed by atoms with E-state index in [0.29, 0.717) is 5.75 Å². The van der Waals surface area contributed by atoms with Crippen LogP contribution in [-0.4, -0.2) is 18.7 Å². The summed E-state index contributed by atoms with van der Waals surface area (Å²) in [6.07, 6.45) is 1.61. The molecule has 0 atom stereocenters. The smallest absolute Gasteiger partial charge is 0.277 e. The topological polar surface area (TPSA) is 50.7 Å². The number of nitrogens with one attached hydrogen (secondary N) is 1. The van der Waals surface area contributed by atoms with E-state index in [2.05, 4.69) is 26.5 Å². The number of halogens is 1. The Balaban J connectivity index is 1.62. The number of hydrogen-bond acceptors (Lipinski definition) is 4. The lowest BCUT2D eigenvalue weighted by Crippen LogP contribution is -2.24. The number of carbonyl (C=O) groups excluding carboxylic acids is 1. The van der Waals surface area contributed by atoms with Gasteiger partial charge in [-0.2, -0.15) is 5.10 Å². The van der Waals surface area contributed by atoms with Crippen LogP contribution in [0.5, 0.6) is 5.75 Å². The zero-order valence-corrected chi connectivity index (χ0v) is 14.4. The first kappa shape index (κ1) is 15.7. The summed E-state index contributed by atoms with van der Waals surface area (Å²) in [5, 5.41) is 7.85. The lowest BCUT2D eigenvalue weighted by Gasteiger charge is -2.09. The molecule has 3 rings (SSSR count). The highest BCUT2D eigenvalue weighted by Crippen LogP contribution is 2.31. The molecule has 0 bridgehead atoms. The van der Waals surface area contributed by atoms with Crippen LogP contribution >= 0.6 is 27.3 Å². The van der Waals surface area contributed by atoms with Gasteiger partial charge in [0.05, 0.1) is 6.21 Å². The molecule has 1 heterocycles. The molecule has 23 heavy (non-hydrogen) atoms. The summed E-state index contributed by atoms with van der Waals surface area (Å²) in [4.78, 5) is 12.8. The Morgan fingerprint density at radius 3 is 2.78 bits per heavy atom. The van der Waals surface area contributed by atoms with Crippen LogP contribution in [0.1, 0.15) is 4.88 Å². The van der Waals surface area contributed by atoms with Gasteiger partial charge in [-0.05, 0) is 29.0 Å². The van der Waals surface area contributed by atoms with Gasteiger partial charge < -0.3 is 4.74 Å². The van der Waals surface area contributed by atoms with E-state index in [1.54, 1.807) is 17.6 Å². The molecule has 0 aliphatic rings. The Hall–Kier alpha value is -2.18. The molecular weight excluding hydrogens is 376 g/mol. The molecule has 1 amide bonds.